The van der Waals surface area contributed by atoms with Crippen molar-refractivity contribution in [2.45, 2.75) is 26.7 Å². The summed E-state index contributed by atoms with van der Waals surface area (Å²) < 4.78 is 13.3. The summed E-state index contributed by atoms with van der Waals surface area (Å²) >= 11 is 5.72. The zero-order valence-corrected chi connectivity index (χ0v) is 9.64. The van der Waals surface area contributed by atoms with Gasteiger partial charge in [-0.3, -0.25) is 4.79 Å². The second-order valence-corrected chi connectivity index (χ2v) is 4.11. The molecule has 0 bridgehead atoms. The van der Waals surface area contributed by atoms with Gasteiger partial charge in [0.25, 0.3) is 0 Å². The molecule has 3 heteroatoms. The lowest BCUT2D eigenvalue weighted by atomic mass is 9.95. The highest BCUT2D eigenvalue weighted by molar-refractivity contribution is 6.31. The lowest BCUT2D eigenvalue weighted by Gasteiger charge is -2.09. The normalized spacial score (nSPS) is 12.5. The van der Waals surface area contributed by atoms with E-state index in [1.54, 1.807) is 0 Å². The summed E-state index contributed by atoms with van der Waals surface area (Å²) in [7, 11) is 0. The number of ketones is 1. The number of benzene rings is 1. The summed E-state index contributed by atoms with van der Waals surface area (Å²) in [5.41, 5.74) is 0.100. The first-order valence-electron chi connectivity index (χ1n) is 5.05. The van der Waals surface area contributed by atoms with Crippen LogP contribution in [0.25, 0.3) is 0 Å². The van der Waals surface area contributed by atoms with Crippen LogP contribution in [0.1, 0.15) is 37.0 Å². The Bertz CT molecular complexity index is 363. The molecule has 0 amide bonds. The van der Waals surface area contributed by atoms with Crippen molar-refractivity contribution in [2.75, 3.05) is 0 Å². The smallest absolute Gasteiger partial charge is 0.168 e. The average Bonchev–Trinajstić information content (AvgIpc) is 2.21. The molecule has 0 N–H and O–H groups in total. The first-order chi connectivity index (χ1) is 7.06. The summed E-state index contributed by atoms with van der Waals surface area (Å²) in [6.07, 6.45) is 1.68. The first kappa shape index (κ1) is 12.2. The largest absolute Gasteiger partial charge is 0.294 e. The van der Waals surface area contributed by atoms with Gasteiger partial charge in [-0.05, 0) is 24.6 Å². The molecule has 82 valence electrons. The molecular formula is C12H14ClFO. The molecule has 1 aromatic carbocycles. The zero-order chi connectivity index (χ0) is 11.4. The van der Waals surface area contributed by atoms with Gasteiger partial charge in [0.2, 0.25) is 0 Å². The van der Waals surface area contributed by atoms with Crippen LogP contribution in [0, 0.1) is 11.7 Å². The molecule has 0 aromatic heterocycles. The van der Waals surface area contributed by atoms with Crippen molar-refractivity contribution in [2.24, 2.45) is 5.92 Å². The van der Waals surface area contributed by atoms with E-state index in [0.29, 0.717) is 5.02 Å². The highest BCUT2D eigenvalue weighted by Gasteiger charge is 2.18. The van der Waals surface area contributed by atoms with Gasteiger partial charge in [-0.2, -0.15) is 0 Å². The fourth-order valence-corrected chi connectivity index (χ4v) is 1.69. The minimum atomic E-state index is -0.493. The highest BCUT2D eigenvalue weighted by Crippen LogP contribution is 2.20. The van der Waals surface area contributed by atoms with Crippen molar-refractivity contribution in [1.29, 1.82) is 0 Å². The molecule has 0 spiro atoms. The molecule has 0 aliphatic carbocycles. The molecule has 0 aliphatic heterocycles. The number of Topliss-reactive ketones (excluding diaryl/α,β-unsaturated/α-hetero) is 1. The van der Waals surface area contributed by atoms with E-state index in [9.17, 15) is 9.18 Å². The molecule has 0 aliphatic rings. The van der Waals surface area contributed by atoms with Gasteiger partial charge in [-0.15, -0.1) is 0 Å². The van der Waals surface area contributed by atoms with Crippen molar-refractivity contribution >= 4 is 17.4 Å². The third-order valence-electron chi connectivity index (χ3n) is 2.36. The van der Waals surface area contributed by atoms with E-state index in [4.69, 9.17) is 11.6 Å². The van der Waals surface area contributed by atoms with Crippen LogP contribution >= 0.6 is 11.6 Å². The van der Waals surface area contributed by atoms with Crippen molar-refractivity contribution in [3.05, 3.63) is 34.6 Å². The van der Waals surface area contributed by atoms with Gasteiger partial charge in [-0.25, -0.2) is 4.39 Å². The molecule has 0 fully saturated rings. The van der Waals surface area contributed by atoms with Crippen molar-refractivity contribution in [3.8, 4) is 0 Å². The van der Waals surface area contributed by atoms with Crippen LogP contribution in [0.3, 0.4) is 0 Å². The summed E-state index contributed by atoms with van der Waals surface area (Å²) in [6.45, 7) is 3.81. The van der Waals surface area contributed by atoms with Crippen molar-refractivity contribution in [1.82, 2.24) is 0 Å². The van der Waals surface area contributed by atoms with Gasteiger partial charge in [0.1, 0.15) is 5.82 Å². The molecule has 1 aromatic rings. The molecular weight excluding hydrogens is 215 g/mol. The van der Waals surface area contributed by atoms with Crippen LogP contribution in [-0.4, -0.2) is 5.78 Å². The maximum absolute atomic E-state index is 13.3. The molecule has 15 heavy (non-hydrogen) atoms. The monoisotopic (exact) mass is 228 g/mol. The van der Waals surface area contributed by atoms with E-state index < -0.39 is 5.82 Å². The standard InChI is InChI=1S/C12H14ClFO/c1-3-4-8(2)12(15)10-7-9(13)5-6-11(10)14/h5-8H,3-4H2,1-2H3. The minimum absolute atomic E-state index is 0.100. The van der Waals surface area contributed by atoms with Crippen LogP contribution in [-0.2, 0) is 0 Å². The van der Waals surface area contributed by atoms with Crippen LogP contribution in [0.5, 0.6) is 0 Å². The summed E-state index contributed by atoms with van der Waals surface area (Å²) in [5, 5.41) is 0.392. The quantitative estimate of drug-likeness (QED) is 0.710. The molecule has 1 atom stereocenters. The predicted molar refractivity (Wildman–Crippen MR) is 59.8 cm³/mol. The van der Waals surface area contributed by atoms with Crippen molar-refractivity contribution < 1.29 is 9.18 Å². The molecule has 0 radical (unpaired) electrons. The van der Waals surface area contributed by atoms with Gasteiger partial charge in [-0.1, -0.05) is 31.9 Å². The molecule has 0 heterocycles. The molecule has 1 rings (SSSR count). The lowest BCUT2D eigenvalue weighted by molar-refractivity contribution is 0.0919. The average molecular weight is 229 g/mol. The second-order valence-electron chi connectivity index (χ2n) is 3.68. The Morgan fingerprint density at radius 3 is 2.80 bits per heavy atom. The molecule has 0 saturated heterocycles. The Hall–Kier alpha value is -0.890. The first-order valence-corrected chi connectivity index (χ1v) is 5.43. The number of rotatable bonds is 4. The number of hydrogen-bond donors (Lipinski definition) is 0. The van der Waals surface area contributed by atoms with Crippen LogP contribution in [0.2, 0.25) is 5.02 Å². The predicted octanol–water partition coefficient (Wildman–Crippen LogP) is 4.10. The second kappa shape index (κ2) is 5.26. The van der Waals surface area contributed by atoms with Gasteiger partial charge in [0.15, 0.2) is 5.78 Å². The Labute approximate surface area is 94.3 Å². The third kappa shape index (κ3) is 3.03. The maximum atomic E-state index is 13.3. The van der Waals surface area contributed by atoms with E-state index in [0.717, 1.165) is 12.8 Å². The van der Waals surface area contributed by atoms with Gasteiger partial charge < -0.3 is 0 Å². The lowest BCUT2D eigenvalue weighted by Crippen LogP contribution is -2.12. The Morgan fingerprint density at radius 2 is 2.20 bits per heavy atom. The van der Waals surface area contributed by atoms with E-state index in [1.807, 2.05) is 13.8 Å². The Kier molecular flexibility index (Phi) is 4.28. The number of hydrogen-bond acceptors (Lipinski definition) is 1. The topological polar surface area (TPSA) is 17.1 Å². The van der Waals surface area contributed by atoms with Gasteiger partial charge in [0.05, 0.1) is 5.56 Å². The number of carbonyl (C=O) groups is 1. The van der Waals surface area contributed by atoms with E-state index in [1.165, 1.54) is 18.2 Å². The molecule has 1 unspecified atom stereocenters. The van der Waals surface area contributed by atoms with E-state index in [2.05, 4.69) is 0 Å². The maximum Gasteiger partial charge on any atom is 0.168 e. The van der Waals surface area contributed by atoms with Crippen LogP contribution in [0.4, 0.5) is 4.39 Å². The Balaban J connectivity index is 2.95. The highest BCUT2D eigenvalue weighted by atomic mass is 35.5. The number of carbonyl (C=O) groups excluding carboxylic acids is 1. The number of halogens is 2. The van der Waals surface area contributed by atoms with E-state index in [-0.39, 0.29) is 17.3 Å². The van der Waals surface area contributed by atoms with Crippen LogP contribution in [0.15, 0.2) is 18.2 Å². The van der Waals surface area contributed by atoms with E-state index >= 15 is 0 Å². The SMILES string of the molecule is CCCC(C)C(=O)c1cc(Cl)ccc1F. The minimum Gasteiger partial charge on any atom is -0.294 e. The fourth-order valence-electron chi connectivity index (χ4n) is 1.52. The summed E-state index contributed by atoms with van der Waals surface area (Å²) in [4.78, 5) is 11.8. The summed E-state index contributed by atoms with van der Waals surface area (Å²) in [6, 6.07) is 4.07. The molecule has 0 saturated carbocycles. The fraction of sp³-hybridized carbons (Fsp3) is 0.417. The van der Waals surface area contributed by atoms with Gasteiger partial charge >= 0.3 is 0 Å². The van der Waals surface area contributed by atoms with Crippen LogP contribution < -0.4 is 0 Å². The Morgan fingerprint density at radius 1 is 1.53 bits per heavy atom. The summed E-state index contributed by atoms with van der Waals surface area (Å²) in [5.74, 6) is -0.813. The van der Waals surface area contributed by atoms with Gasteiger partial charge in [0, 0.05) is 10.9 Å². The van der Waals surface area contributed by atoms with Crippen molar-refractivity contribution in [3.63, 3.8) is 0 Å². The zero-order valence-electron chi connectivity index (χ0n) is 8.89. The molecule has 1 nitrogen and oxygen atoms in total. The third-order valence-corrected chi connectivity index (χ3v) is 2.60.